The lowest BCUT2D eigenvalue weighted by Crippen LogP contribution is -2.08. The van der Waals surface area contributed by atoms with E-state index in [2.05, 4.69) is 4.98 Å². The normalized spacial score (nSPS) is 18.4. The maximum atomic E-state index is 11.2. The standard InChI is InChI=1S/C11H15NO2/c1-8(13)11-10(12-7-14-11)9-5-3-2-4-6-9/h7,9H,2-6H2,1H3. The first-order chi connectivity index (χ1) is 6.79. The molecule has 3 heteroatoms. The van der Waals surface area contributed by atoms with Crippen molar-refractivity contribution in [2.75, 3.05) is 0 Å². The zero-order chi connectivity index (χ0) is 9.97. The number of hydrogen-bond acceptors (Lipinski definition) is 3. The molecule has 1 heterocycles. The summed E-state index contributed by atoms with van der Waals surface area (Å²) in [7, 11) is 0. The summed E-state index contributed by atoms with van der Waals surface area (Å²) in [4.78, 5) is 15.4. The van der Waals surface area contributed by atoms with Crippen LogP contribution < -0.4 is 0 Å². The van der Waals surface area contributed by atoms with E-state index in [9.17, 15) is 4.79 Å². The molecule has 2 rings (SSSR count). The smallest absolute Gasteiger partial charge is 0.196 e. The van der Waals surface area contributed by atoms with Gasteiger partial charge < -0.3 is 4.42 Å². The zero-order valence-corrected chi connectivity index (χ0v) is 8.45. The first kappa shape index (κ1) is 9.44. The van der Waals surface area contributed by atoms with Crippen molar-refractivity contribution >= 4 is 5.78 Å². The Bertz CT molecular complexity index is 324. The summed E-state index contributed by atoms with van der Waals surface area (Å²) >= 11 is 0. The summed E-state index contributed by atoms with van der Waals surface area (Å²) < 4.78 is 5.12. The predicted molar refractivity (Wildman–Crippen MR) is 52.3 cm³/mol. The van der Waals surface area contributed by atoms with E-state index in [1.165, 1.54) is 32.6 Å². The van der Waals surface area contributed by atoms with Crippen LogP contribution in [0.4, 0.5) is 0 Å². The molecule has 1 saturated carbocycles. The van der Waals surface area contributed by atoms with Crippen LogP contribution in [0.25, 0.3) is 0 Å². The molecule has 0 bridgehead atoms. The molecule has 0 saturated heterocycles. The van der Waals surface area contributed by atoms with Crippen LogP contribution in [0.5, 0.6) is 0 Å². The van der Waals surface area contributed by atoms with Crippen LogP contribution in [-0.4, -0.2) is 10.8 Å². The Morgan fingerprint density at radius 2 is 2.14 bits per heavy atom. The number of nitrogens with zero attached hydrogens (tertiary/aromatic N) is 1. The predicted octanol–water partition coefficient (Wildman–Crippen LogP) is 2.92. The average Bonchev–Trinajstić information content (AvgIpc) is 2.67. The number of carbonyl (C=O) groups is 1. The molecule has 1 aromatic rings. The summed E-state index contributed by atoms with van der Waals surface area (Å²) in [5.41, 5.74) is 0.886. The first-order valence-corrected chi connectivity index (χ1v) is 5.23. The second-order valence-corrected chi connectivity index (χ2v) is 3.96. The molecule has 0 atom stereocenters. The molecule has 76 valence electrons. The molecule has 1 aliphatic rings. The van der Waals surface area contributed by atoms with Crippen LogP contribution in [0, 0.1) is 0 Å². The van der Waals surface area contributed by atoms with E-state index >= 15 is 0 Å². The van der Waals surface area contributed by atoms with Crippen molar-refractivity contribution in [1.82, 2.24) is 4.98 Å². The van der Waals surface area contributed by atoms with E-state index in [1.807, 2.05) is 0 Å². The van der Waals surface area contributed by atoms with E-state index in [0.29, 0.717) is 11.7 Å². The summed E-state index contributed by atoms with van der Waals surface area (Å²) in [6, 6.07) is 0. The topological polar surface area (TPSA) is 43.1 Å². The molecule has 0 unspecified atom stereocenters. The van der Waals surface area contributed by atoms with Gasteiger partial charge in [0.2, 0.25) is 0 Å². The maximum Gasteiger partial charge on any atom is 0.196 e. The third-order valence-electron chi connectivity index (χ3n) is 2.91. The van der Waals surface area contributed by atoms with Crippen molar-refractivity contribution in [3.63, 3.8) is 0 Å². The molecule has 14 heavy (non-hydrogen) atoms. The number of rotatable bonds is 2. The number of carbonyl (C=O) groups excluding carboxylic acids is 1. The fourth-order valence-corrected chi connectivity index (χ4v) is 2.19. The van der Waals surface area contributed by atoms with Gasteiger partial charge in [0.05, 0.1) is 5.69 Å². The van der Waals surface area contributed by atoms with Gasteiger partial charge in [-0.2, -0.15) is 0 Å². The number of Topliss-reactive ketones (excluding diaryl/α,β-unsaturated/α-hetero) is 1. The van der Waals surface area contributed by atoms with Gasteiger partial charge in [-0.15, -0.1) is 0 Å². The third-order valence-corrected chi connectivity index (χ3v) is 2.91. The van der Waals surface area contributed by atoms with Crippen molar-refractivity contribution in [3.05, 3.63) is 17.8 Å². The molecule has 0 N–H and O–H groups in total. The van der Waals surface area contributed by atoms with Gasteiger partial charge in [0, 0.05) is 12.8 Å². The highest BCUT2D eigenvalue weighted by Gasteiger charge is 2.23. The summed E-state index contributed by atoms with van der Waals surface area (Å²) in [6.07, 6.45) is 7.48. The summed E-state index contributed by atoms with van der Waals surface area (Å²) in [5.74, 6) is 0.904. The highest BCUT2D eigenvalue weighted by Crippen LogP contribution is 2.33. The minimum Gasteiger partial charge on any atom is -0.440 e. The lowest BCUT2D eigenvalue weighted by atomic mass is 9.86. The molecule has 1 fully saturated rings. The van der Waals surface area contributed by atoms with Crippen molar-refractivity contribution in [2.45, 2.75) is 44.9 Å². The van der Waals surface area contributed by atoms with Gasteiger partial charge in [-0.1, -0.05) is 19.3 Å². The number of aromatic nitrogens is 1. The summed E-state index contributed by atoms with van der Waals surface area (Å²) in [6.45, 7) is 1.53. The number of ketones is 1. The molecule has 0 spiro atoms. The Balaban J connectivity index is 2.21. The van der Waals surface area contributed by atoms with E-state index in [4.69, 9.17) is 4.42 Å². The highest BCUT2D eigenvalue weighted by molar-refractivity contribution is 5.92. The molecule has 0 aromatic carbocycles. The Hall–Kier alpha value is -1.12. The Morgan fingerprint density at radius 1 is 1.43 bits per heavy atom. The quantitative estimate of drug-likeness (QED) is 0.678. The van der Waals surface area contributed by atoms with Gasteiger partial charge in [0.25, 0.3) is 0 Å². The van der Waals surface area contributed by atoms with Crippen molar-refractivity contribution < 1.29 is 9.21 Å². The Labute approximate surface area is 83.5 Å². The molecule has 0 aliphatic heterocycles. The lowest BCUT2D eigenvalue weighted by Gasteiger charge is -2.19. The first-order valence-electron chi connectivity index (χ1n) is 5.23. The number of oxazole rings is 1. The van der Waals surface area contributed by atoms with Crippen molar-refractivity contribution in [3.8, 4) is 0 Å². The maximum absolute atomic E-state index is 11.2. The molecule has 1 aliphatic carbocycles. The Morgan fingerprint density at radius 3 is 2.79 bits per heavy atom. The van der Waals surface area contributed by atoms with Crippen LogP contribution in [0.3, 0.4) is 0 Å². The summed E-state index contributed by atoms with van der Waals surface area (Å²) in [5, 5.41) is 0. The minimum atomic E-state index is -0.0110. The second-order valence-electron chi connectivity index (χ2n) is 3.96. The highest BCUT2D eigenvalue weighted by atomic mass is 16.3. The molecule has 0 radical (unpaired) electrons. The van der Waals surface area contributed by atoms with Gasteiger partial charge >= 0.3 is 0 Å². The molecule has 3 nitrogen and oxygen atoms in total. The van der Waals surface area contributed by atoms with E-state index in [-0.39, 0.29) is 5.78 Å². The zero-order valence-electron chi connectivity index (χ0n) is 8.45. The van der Waals surface area contributed by atoms with E-state index < -0.39 is 0 Å². The second kappa shape index (κ2) is 3.95. The van der Waals surface area contributed by atoms with E-state index in [0.717, 1.165) is 18.5 Å². The van der Waals surface area contributed by atoms with Crippen LogP contribution >= 0.6 is 0 Å². The van der Waals surface area contributed by atoms with Crippen LogP contribution in [0.15, 0.2) is 10.8 Å². The fraction of sp³-hybridized carbons (Fsp3) is 0.636. The number of hydrogen-bond donors (Lipinski definition) is 0. The Kier molecular flexibility index (Phi) is 2.66. The minimum absolute atomic E-state index is 0.0110. The molecular weight excluding hydrogens is 178 g/mol. The lowest BCUT2D eigenvalue weighted by molar-refractivity contribution is 0.0985. The van der Waals surface area contributed by atoms with Gasteiger partial charge in [-0.3, -0.25) is 4.79 Å². The van der Waals surface area contributed by atoms with Crippen LogP contribution in [0.1, 0.15) is 61.2 Å². The van der Waals surface area contributed by atoms with Gasteiger partial charge in [0.15, 0.2) is 17.9 Å². The van der Waals surface area contributed by atoms with Crippen LogP contribution in [0.2, 0.25) is 0 Å². The SMILES string of the molecule is CC(=O)c1ocnc1C1CCCCC1. The monoisotopic (exact) mass is 193 g/mol. The van der Waals surface area contributed by atoms with E-state index in [1.54, 1.807) is 0 Å². The third kappa shape index (κ3) is 1.72. The molecule has 1 aromatic heterocycles. The van der Waals surface area contributed by atoms with Crippen LogP contribution in [-0.2, 0) is 0 Å². The van der Waals surface area contributed by atoms with Gasteiger partial charge in [0.1, 0.15) is 0 Å². The van der Waals surface area contributed by atoms with Crippen molar-refractivity contribution in [1.29, 1.82) is 0 Å². The van der Waals surface area contributed by atoms with Crippen molar-refractivity contribution in [2.24, 2.45) is 0 Å². The molecule has 0 amide bonds. The van der Waals surface area contributed by atoms with Gasteiger partial charge in [-0.25, -0.2) is 4.98 Å². The fourth-order valence-electron chi connectivity index (χ4n) is 2.19. The largest absolute Gasteiger partial charge is 0.440 e. The average molecular weight is 193 g/mol. The van der Waals surface area contributed by atoms with Gasteiger partial charge in [-0.05, 0) is 12.8 Å². The molecular formula is C11H15NO2.